The second kappa shape index (κ2) is 7.85. The molecule has 0 bridgehead atoms. The number of rotatable bonds is 3. The van der Waals surface area contributed by atoms with Gasteiger partial charge in [-0.2, -0.15) is 0 Å². The number of nitrogens with one attached hydrogen (secondary N) is 1. The second-order valence-electron chi connectivity index (χ2n) is 6.12. The lowest BCUT2D eigenvalue weighted by Crippen LogP contribution is -2.45. The van der Waals surface area contributed by atoms with Crippen LogP contribution in [0.2, 0.25) is 0 Å². The Kier molecular flexibility index (Phi) is 6.11. The molecule has 2 N–H and O–H groups in total. The van der Waals surface area contributed by atoms with Gasteiger partial charge in [-0.25, -0.2) is 0 Å². The van der Waals surface area contributed by atoms with Crippen LogP contribution in [0.4, 0.5) is 0 Å². The lowest BCUT2D eigenvalue weighted by atomic mass is 9.97. The molecule has 2 aliphatic rings. The SMILES string of the molecule is O=C(CN1CCC(O)CC1)NC1CCCCCCC1. The zero-order chi connectivity index (χ0) is 13.5. The van der Waals surface area contributed by atoms with Gasteiger partial charge in [0, 0.05) is 19.1 Å². The summed E-state index contributed by atoms with van der Waals surface area (Å²) in [6.45, 7) is 2.20. The van der Waals surface area contributed by atoms with Crippen LogP contribution in [0.25, 0.3) is 0 Å². The lowest BCUT2D eigenvalue weighted by molar-refractivity contribution is -0.123. The minimum absolute atomic E-state index is 0.162. The van der Waals surface area contributed by atoms with Gasteiger partial charge in [-0.3, -0.25) is 9.69 Å². The summed E-state index contributed by atoms with van der Waals surface area (Å²) in [5.74, 6) is 0.168. The normalized spacial score (nSPS) is 24.7. The first-order valence-electron chi connectivity index (χ1n) is 7.94. The standard InChI is InChI=1S/C15H28N2O2/c18-14-8-10-17(11-9-14)12-15(19)16-13-6-4-2-1-3-5-7-13/h13-14,18H,1-12H2,(H,16,19). The molecule has 2 rings (SSSR count). The summed E-state index contributed by atoms with van der Waals surface area (Å²) in [4.78, 5) is 14.2. The highest BCUT2D eigenvalue weighted by Crippen LogP contribution is 2.17. The highest BCUT2D eigenvalue weighted by Gasteiger charge is 2.20. The Balaban J connectivity index is 1.67. The molecule has 4 heteroatoms. The van der Waals surface area contributed by atoms with E-state index in [1.807, 2.05) is 0 Å². The van der Waals surface area contributed by atoms with Gasteiger partial charge in [-0.1, -0.05) is 32.1 Å². The van der Waals surface area contributed by atoms with Crippen molar-refractivity contribution in [1.29, 1.82) is 0 Å². The maximum atomic E-state index is 12.0. The smallest absolute Gasteiger partial charge is 0.234 e. The first-order valence-corrected chi connectivity index (χ1v) is 7.94. The van der Waals surface area contributed by atoms with Crippen LogP contribution in [0.5, 0.6) is 0 Å². The van der Waals surface area contributed by atoms with Crippen molar-refractivity contribution in [2.75, 3.05) is 19.6 Å². The third kappa shape index (κ3) is 5.49. The van der Waals surface area contributed by atoms with E-state index < -0.39 is 0 Å². The molecule has 110 valence electrons. The van der Waals surface area contributed by atoms with E-state index in [1.165, 1.54) is 32.1 Å². The van der Waals surface area contributed by atoms with E-state index >= 15 is 0 Å². The summed E-state index contributed by atoms with van der Waals surface area (Å²) in [7, 11) is 0. The van der Waals surface area contributed by atoms with Crippen molar-refractivity contribution in [1.82, 2.24) is 10.2 Å². The van der Waals surface area contributed by atoms with Gasteiger partial charge >= 0.3 is 0 Å². The van der Waals surface area contributed by atoms with Crippen LogP contribution < -0.4 is 5.32 Å². The molecule has 1 aliphatic heterocycles. The lowest BCUT2D eigenvalue weighted by Gasteiger charge is -2.29. The minimum atomic E-state index is -0.162. The fourth-order valence-electron chi connectivity index (χ4n) is 3.15. The molecular formula is C15H28N2O2. The highest BCUT2D eigenvalue weighted by molar-refractivity contribution is 5.78. The van der Waals surface area contributed by atoms with Crippen molar-refractivity contribution in [3.8, 4) is 0 Å². The van der Waals surface area contributed by atoms with Gasteiger partial charge in [0.05, 0.1) is 12.6 Å². The minimum Gasteiger partial charge on any atom is -0.393 e. The quantitative estimate of drug-likeness (QED) is 0.818. The first kappa shape index (κ1) is 14.8. The van der Waals surface area contributed by atoms with Gasteiger partial charge in [0.2, 0.25) is 5.91 Å². The van der Waals surface area contributed by atoms with E-state index in [4.69, 9.17) is 0 Å². The molecule has 1 saturated heterocycles. The number of aliphatic hydroxyl groups is 1. The molecule has 4 nitrogen and oxygen atoms in total. The Labute approximate surface area is 116 Å². The van der Waals surface area contributed by atoms with Crippen LogP contribution >= 0.6 is 0 Å². The summed E-state index contributed by atoms with van der Waals surface area (Å²) < 4.78 is 0. The van der Waals surface area contributed by atoms with Crippen molar-refractivity contribution >= 4 is 5.91 Å². The maximum absolute atomic E-state index is 12.0. The molecule has 0 radical (unpaired) electrons. The summed E-state index contributed by atoms with van der Waals surface area (Å²) in [5, 5.41) is 12.7. The Bertz CT molecular complexity index is 267. The molecule has 2 fully saturated rings. The van der Waals surface area contributed by atoms with Crippen LogP contribution in [-0.2, 0) is 4.79 Å². The average molecular weight is 268 g/mol. The summed E-state index contributed by atoms with van der Waals surface area (Å²) in [5.41, 5.74) is 0. The first-order chi connectivity index (χ1) is 9.24. The van der Waals surface area contributed by atoms with E-state index in [0.29, 0.717) is 12.6 Å². The predicted octanol–water partition coefficient (Wildman–Crippen LogP) is 1.67. The van der Waals surface area contributed by atoms with Crippen LogP contribution in [-0.4, -0.2) is 47.7 Å². The summed E-state index contributed by atoms with van der Waals surface area (Å²) in [6.07, 6.45) is 10.2. The van der Waals surface area contributed by atoms with E-state index in [-0.39, 0.29) is 12.0 Å². The van der Waals surface area contributed by atoms with Gasteiger partial charge < -0.3 is 10.4 Å². The van der Waals surface area contributed by atoms with Gasteiger partial charge in [-0.05, 0) is 25.7 Å². The van der Waals surface area contributed by atoms with E-state index in [0.717, 1.165) is 38.8 Å². The van der Waals surface area contributed by atoms with Crippen molar-refractivity contribution in [3.63, 3.8) is 0 Å². The molecule has 0 aromatic heterocycles. The number of carbonyl (C=O) groups is 1. The number of hydrogen-bond acceptors (Lipinski definition) is 3. The van der Waals surface area contributed by atoms with Gasteiger partial charge in [0.25, 0.3) is 0 Å². The van der Waals surface area contributed by atoms with Crippen molar-refractivity contribution < 1.29 is 9.90 Å². The molecule has 0 unspecified atom stereocenters. The van der Waals surface area contributed by atoms with Crippen LogP contribution in [0.3, 0.4) is 0 Å². The molecular weight excluding hydrogens is 240 g/mol. The van der Waals surface area contributed by atoms with E-state index in [2.05, 4.69) is 10.2 Å². The Hall–Kier alpha value is -0.610. The number of aliphatic hydroxyl groups excluding tert-OH is 1. The summed E-state index contributed by atoms with van der Waals surface area (Å²) in [6, 6.07) is 0.392. The third-order valence-corrected chi connectivity index (χ3v) is 4.39. The number of amides is 1. The average Bonchev–Trinajstić information content (AvgIpc) is 2.35. The largest absolute Gasteiger partial charge is 0.393 e. The van der Waals surface area contributed by atoms with Crippen molar-refractivity contribution in [2.45, 2.75) is 69.9 Å². The molecule has 1 heterocycles. The topological polar surface area (TPSA) is 52.6 Å². The van der Waals surface area contributed by atoms with Crippen molar-refractivity contribution in [3.05, 3.63) is 0 Å². The van der Waals surface area contributed by atoms with Crippen molar-refractivity contribution in [2.24, 2.45) is 0 Å². The van der Waals surface area contributed by atoms with E-state index in [9.17, 15) is 9.90 Å². The number of likely N-dealkylation sites (tertiary alicyclic amines) is 1. The van der Waals surface area contributed by atoms with Gasteiger partial charge in [-0.15, -0.1) is 0 Å². The Morgan fingerprint density at radius 1 is 1.00 bits per heavy atom. The Morgan fingerprint density at radius 2 is 1.58 bits per heavy atom. The van der Waals surface area contributed by atoms with Gasteiger partial charge in [0.1, 0.15) is 0 Å². The zero-order valence-electron chi connectivity index (χ0n) is 11.9. The van der Waals surface area contributed by atoms with E-state index in [1.54, 1.807) is 0 Å². The number of piperidine rings is 1. The molecule has 0 spiro atoms. The molecule has 0 aromatic carbocycles. The Morgan fingerprint density at radius 3 is 2.21 bits per heavy atom. The molecule has 19 heavy (non-hydrogen) atoms. The van der Waals surface area contributed by atoms with Crippen LogP contribution in [0.15, 0.2) is 0 Å². The number of nitrogens with zero attached hydrogens (tertiary/aromatic N) is 1. The number of carbonyl (C=O) groups excluding carboxylic acids is 1. The predicted molar refractivity (Wildman–Crippen MR) is 75.9 cm³/mol. The fraction of sp³-hybridized carbons (Fsp3) is 0.933. The van der Waals surface area contributed by atoms with Crippen LogP contribution in [0, 0.1) is 0 Å². The molecule has 0 aromatic rings. The molecule has 0 atom stereocenters. The van der Waals surface area contributed by atoms with Crippen LogP contribution in [0.1, 0.15) is 57.8 Å². The third-order valence-electron chi connectivity index (χ3n) is 4.39. The zero-order valence-corrected chi connectivity index (χ0v) is 11.9. The monoisotopic (exact) mass is 268 g/mol. The fourth-order valence-corrected chi connectivity index (χ4v) is 3.15. The second-order valence-corrected chi connectivity index (χ2v) is 6.12. The molecule has 1 saturated carbocycles. The summed E-state index contributed by atoms with van der Waals surface area (Å²) >= 11 is 0. The molecule has 1 aliphatic carbocycles. The maximum Gasteiger partial charge on any atom is 0.234 e. The van der Waals surface area contributed by atoms with Gasteiger partial charge in [0.15, 0.2) is 0 Å². The highest BCUT2D eigenvalue weighted by atomic mass is 16.3. The number of hydrogen-bond donors (Lipinski definition) is 2. The molecule has 1 amide bonds.